The van der Waals surface area contributed by atoms with Crippen LogP contribution in [-0.4, -0.2) is 0 Å². The fraction of sp³-hybridized carbons (Fsp3) is 0.571. The zero-order valence-electron chi connectivity index (χ0n) is 9.46. The second-order valence-corrected chi connectivity index (χ2v) is 4.99. The second kappa shape index (κ2) is 3.76. The topological polar surface area (TPSA) is 0 Å². The highest BCUT2D eigenvalue weighted by molar-refractivity contribution is 5.29. The summed E-state index contributed by atoms with van der Waals surface area (Å²) < 4.78 is 0. The summed E-state index contributed by atoms with van der Waals surface area (Å²) in [5.74, 6) is 2.50. The van der Waals surface area contributed by atoms with Gasteiger partial charge in [-0.25, -0.2) is 0 Å². The van der Waals surface area contributed by atoms with Crippen molar-refractivity contribution in [3.63, 3.8) is 0 Å². The third-order valence-electron chi connectivity index (χ3n) is 4.00. The maximum atomic E-state index is 2.40. The first kappa shape index (κ1) is 9.76. The predicted molar refractivity (Wildman–Crippen MR) is 61.3 cm³/mol. The maximum absolute atomic E-state index is 2.40. The molecular formula is C14H20. The van der Waals surface area contributed by atoms with Crippen molar-refractivity contribution in [1.29, 1.82) is 0 Å². The number of benzene rings is 1. The van der Waals surface area contributed by atoms with E-state index in [1.54, 1.807) is 11.1 Å². The van der Waals surface area contributed by atoms with Gasteiger partial charge in [0, 0.05) is 0 Å². The molecule has 2 atom stereocenters. The zero-order valence-corrected chi connectivity index (χ0v) is 9.46. The summed E-state index contributed by atoms with van der Waals surface area (Å²) >= 11 is 0. The first-order chi connectivity index (χ1) is 6.68. The summed E-state index contributed by atoms with van der Waals surface area (Å²) in [5, 5.41) is 0. The van der Waals surface area contributed by atoms with Gasteiger partial charge in [0.15, 0.2) is 0 Å². The average Bonchev–Trinajstić information content (AvgIpc) is 2.28. The molecule has 1 aromatic carbocycles. The molecule has 0 aliphatic heterocycles. The summed E-state index contributed by atoms with van der Waals surface area (Å²) in [7, 11) is 0. The highest BCUT2D eigenvalue weighted by Gasteiger charge is 2.24. The van der Waals surface area contributed by atoms with E-state index >= 15 is 0 Å². The third-order valence-corrected chi connectivity index (χ3v) is 4.00. The molecule has 0 fully saturated rings. The second-order valence-electron chi connectivity index (χ2n) is 4.99. The van der Waals surface area contributed by atoms with Crippen LogP contribution < -0.4 is 0 Å². The van der Waals surface area contributed by atoms with Gasteiger partial charge in [0.1, 0.15) is 0 Å². The monoisotopic (exact) mass is 188 g/mol. The van der Waals surface area contributed by atoms with E-state index in [-0.39, 0.29) is 0 Å². The van der Waals surface area contributed by atoms with Crippen molar-refractivity contribution in [2.45, 2.75) is 33.6 Å². The maximum Gasteiger partial charge on any atom is -0.0248 e. The van der Waals surface area contributed by atoms with Crippen LogP contribution in [0.25, 0.3) is 0 Å². The van der Waals surface area contributed by atoms with Crippen LogP contribution >= 0.6 is 0 Å². The summed E-state index contributed by atoms with van der Waals surface area (Å²) in [6, 6.07) is 8.95. The lowest BCUT2D eigenvalue weighted by atomic mass is 9.83. The van der Waals surface area contributed by atoms with Crippen LogP contribution in [0.4, 0.5) is 0 Å². The molecule has 0 radical (unpaired) electrons. The Hall–Kier alpha value is -0.780. The third kappa shape index (κ3) is 1.70. The van der Waals surface area contributed by atoms with Gasteiger partial charge in [-0.05, 0) is 41.7 Å². The SMILES string of the molecule is CC1Cc2ccccc2CC(C)C1C. The molecule has 0 heterocycles. The quantitative estimate of drug-likeness (QED) is 0.545. The highest BCUT2D eigenvalue weighted by atomic mass is 14.3. The van der Waals surface area contributed by atoms with Gasteiger partial charge in [-0.15, -0.1) is 0 Å². The van der Waals surface area contributed by atoms with E-state index in [2.05, 4.69) is 45.0 Å². The lowest BCUT2D eigenvalue weighted by Gasteiger charge is -2.22. The molecule has 0 saturated carbocycles. The molecule has 2 rings (SSSR count). The number of rotatable bonds is 0. The molecule has 0 aromatic heterocycles. The Morgan fingerprint density at radius 2 is 1.29 bits per heavy atom. The molecule has 0 bridgehead atoms. The van der Waals surface area contributed by atoms with Crippen molar-refractivity contribution in [3.8, 4) is 0 Å². The van der Waals surface area contributed by atoms with Crippen LogP contribution in [0.5, 0.6) is 0 Å². The smallest absolute Gasteiger partial charge is 0.0248 e. The van der Waals surface area contributed by atoms with Crippen molar-refractivity contribution in [1.82, 2.24) is 0 Å². The fourth-order valence-electron chi connectivity index (χ4n) is 2.58. The minimum absolute atomic E-state index is 0.827. The number of fused-ring (bicyclic) bond motifs is 1. The minimum atomic E-state index is 0.827. The molecule has 1 aliphatic rings. The van der Waals surface area contributed by atoms with Gasteiger partial charge in [-0.2, -0.15) is 0 Å². The van der Waals surface area contributed by atoms with Crippen molar-refractivity contribution in [3.05, 3.63) is 35.4 Å². The minimum Gasteiger partial charge on any atom is -0.0620 e. The lowest BCUT2D eigenvalue weighted by molar-refractivity contribution is 0.288. The molecule has 0 heteroatoms. The van der Waals surface area contributed by atoms with Crippen molar-refractivity contribution in [2.75, 3.05) is 0 Å². The van der Waals surface area contributed by atoms with Crippen LogP contribution in [0.2, 0.25) is 0 Å². The van der Waals surface area contributed by atoms with E-state index in [0.29, 0.717) is 0 Å². The predicted octanol–water partition coefficient (Wildman–Crippen LogP) is 3.69. The van der Waals surface area contributed by atoms with Crippen molar-refractivity contribution < 1.29 is 0 Å². The molecule has 1 aromatic rings. The van der Waals surface area contributed by atoms with E-state index in [0.717, 1.165) is 17.8 Å². The molecule has 0 N–H and O–H groups in total. The molecule has 0 saturated heterocycles. The van der Waals surface area contributed by atoms with Gasteiger partial charge < -0.3 is 0 Å². The van der Waals surface area contributed by atoms with E-state index < -0.39 is 0 Å². The molecule has 0 nitrogen and oxygen atoms in total. The van der Waals surface area contributed by atoms with Crippen LogP contribution in [0, 0.1) is 17.8 Å². The molecule has 2 unspecified atom stereocenters. The van der Waals surface area contributed by atoms with Gasteiger partial charge in [-0.3, -0.25) is 0 Å². The fourth-order valence-corrected chi connectivity index (χ4v) is 2.58. The summed E-state index contributed by atoms with van der Waals surface area (Å²) in [6.07, 6.45) is 2.53. The van der Waals surface area contributed by atoms with Gasteiger partial charge >= 0.3 is 0 Å². The number of hydrogen-bond donors (Lipinski definition) is 0. The van der Waals surface area contributed by atoms with Crippen LogP contribution in [0.1, 0.15) is 31.9 Å². The van der Waals surface area contributed by atoms with Crippen LogP contribution in [0.3, 0.4) is 0 Å². The molecule has 14 heavy (non-hydrogen) atoms. The Morgan fingerprint density at radius 3 is 1.71 bits per heavy atom. The van der Waals surface area contributed by atoms with E-state index in [4.69, 9.17) is 0 Å². The van der Waals surface area contributed by atoms with E-state index in [9.17, 15) is 0 Å². The standard InChI is InChI=1S/C14H20/c1-10-8-13-6-4-5-7-14(13)9-11(2)12(10)3/h4-7,10-12H,8-9H2,1-3H3. The first-order valence-electron chi connectivity index (χ1n) is 5.75. The first-order valence-corrected chi connectivity index (χ1v) is 5.75. The van der Waals surface area contributed by atoms with Gasteiger partial charge in [-0.1, -0.05) is 45.0 Å². The Morgan fingerprint density at radius 1 is 0.857 bits per heavy atom. The van der Waals surface area contributed by atoms with E-state index in [1.165, 1.54) is 12.8 Å². The zero-order chi connectivity index (χ0) is 10.1. The summed E-state index contributed by atoms with van der Waals surface area (Å²) in [5.41, 5.74) is 3.16. The molecule has 1 aliphatic carbocycles. The molecule has 76 valence electrons. The molecular weight excluding hydrogens is 168 g/mol. The largest absolute Gasteiger partial charge is 0.0620 e. The Bertz CT molecular complexity index is 283. The van der Waals surface area contributed by atoms with E-state index in [1.807, 2.05) is 0 Å². The summed E-state index contributed by atoms with van der Waals surface area (Å²) in [4.78, 5) is 0. The normalized spacial score (nSPS) is 32.1. The van der Waals surface area contributed by atoms with Gasteiger partial charge in [0.25, 0.3) is 0 Å². The van der Waals surface area contributed by atoms with Gasteiger partial charge in [0.2, 0.25) is 0 Å². The van der Waals surface area contributed by atoms with Crippen LogP contribution in [0.15, 0.2) is 24.3 Å². The summed E-state index contributed by atoms with van der Waals surface area (Å²) in [6.45, 7) is 7.19. The average molecular weight is 188 g/mol. The Kier molecular flexibility index (Phi) is 2.62. The Labute approximate surface area is 87.3 Å². The van der Waals surface area contributed by atoms with Crippen LogP contribution in [-0.2, 0) is 12.8 Å². The van der Waals surface area contributed by atoms with Crippen molar-refractivity contribution in [2.24, 2.45) is 17.8 Å². The number of hydrogen-bond acceptors (Lipinski definition) is 0. The molecule has 0 amide bonds. The molecule has 0 spiro atoms. The van der Waals surface area contributed by atoms with Gasteiger partial charge in [0.05, 0.1) is 0 Å². The lowest BCUT2D eigenvalue weighted by Crippen LogP contribution is -2.16. The Balaban J connectivity index is 2.34. The highest BCUT2D eigenvalue weighted by Crippen LogP contribution is 2.32. The van der Waals surface area contributed by atoms with Crippen molar-refractivity contribution >= 4 is 0 Å².